The minimum absolute atomic E-state index is 0. The third-order valence-corrected chi connectivity index (χ3v) is 3.86. The summed E-state index contributed by atoms with van der Waals surface area (Å²) in [5.74, 6) is 1.13. The first-order chi connectivity index (χ1) is 9.19. The van der Waals surface area contributed by atoms with Gasteiger partial charge in [-0.15, -0.1) is 30.6 Å². The van der Waals surface area contributed by atoms with Crippen LogP contribution in [0.1, 0.15) is 26.2 Å². The Labute approximate surface area is 138 Å². The number of nitrogens with zero attached hydrogens (tertiary/aromatic N) is 2. The Kier molecular flexibility index (Phi) is 6.78. The largest absolute Gasteiger partial charge is 0.357 e. The van der Waals surface area contributed by atoms with Crippen molar-refractivity contribution in [1.29, 1.82) is 0 Å². The number of hydrogen-bond acceptors (Lipinski definition) is 2. The first-order valence-corrected chi connectivity index (χ1v) is 7.10. The lowest BCUT2D eigenvalue weighted by Crippen LogP contribution is -2.51. The van der Waals surface area contributed by atoms with Gasteiger partial charge >= 0.3 is 0 Å². The van der Waals surface area contributed by atoms with Gasteiger partial charge in [0.15, 0.2) is 5.96 Å². The molecule has 6 heteroatoms. The highest BCUT2D eigenvalue weighted by Crippen LogP contribution is 2.35. The number of hydrogen-bond donors (Lipinski definition) is 2. The Morgan fingerprint density at radius 2 is 2.45 bits per heavy atom. The number of rotatable bonds is 3. The van der Waals surface area contributed by atoms with Gasteiger partial charge in [-0.25, -0.2) is 4.99 Å². The molecule has 2 heterocycles. The highest BCUT2D eigenvalue weighted by Gasteiger charge is 2.42. The normalized spacial score (nSPS) is 26.1. The van der Waals surface area contributed by atoms with Crippen molar-refractivity contribution in [3.8, 4) is 0 Å². The van der Waals surface area contributed by atoms with E-state index >= 15 is 0 Å². The van der Waals surface area contributed by atoms with E-state index in [4.69, 9.17) is 0 Å². The van der Waals surface area contributed by atoms with Gasteiger partial charge in [0.1, 0.15) is 0 Å². The summed E-state index contributed by atoms with van der Waals surface area (Å²) >= 11 is 0. The van der Waals surface area contributed by atoms with Gasteiger partial charge in [0.2, 0.25) is 5.91 Å². The number of guanidine groups is 1. The Morgan fingerprint density at radius 1 is 1.65 bits per heavy atom. The second kappa shape index (κ2) is 7.85. The summed E-state index contributed by atoms with van der Waals surface area (Å²) < 4.78 is 0. The smallest absolute Gasteiger partial charge is 0.220 e. The van der Waals surface area contributed by atoms with Gasteiger partial charge < -0.3 is 15.5 Å². The van der Waals surface area contributed by atoms with Crippen LogP contribution in [-0.2, 0) is 4.79 Å². The fourth-order valence-corrected chi connectivity index (χ4v) is 3.01. The van der Waals surface area contributed by atoms with Crippen LogP contribution < -0.4 is 10.6 Å². The third-order valence-electron chi connectivity index (χ3n) is 3.86. The van der Waals surface area contributed by atoms with Crippen LogP contribution in [0.5, 0.6) is 0 Å². The molecule has 2 saturated heterocycles. The second-order valence-corrected chi connectivity index (χ2v) is 5.46. The standard InChI is InChI=1S/C14H24N4O.HI/c1-3-7-16-13(15-4-2)18-8-5-6-14(11-18)9-12(19)17-10-14;/h3H,1,4-11H2,2H3,(H,15,16)(H,17,19);1H. The number of amides is 1. The molecular formula is C14H25IN4O. The van der Waals surface area contributed by atoms with Gasteiger partial charge in [0, 0.05) is 38.0 Å². The van der Waals surface area contributed by atoms with Crippen molar-refractivity contribution in [3.05, 3.63) is 12.7 Å². The third kappa shape index (κ3) is 4.10. The zero-order chi connectivity index (χ0) is 13.7. The van der Waals surface area contributed by atoms with Crippen LogP contribution >= 0.6 is 24.0 Å². The van der Waals surface area contributed by atoms with E-state index in [1.807, 2.05) is 0 Å². The average molecular weight is 392 g/mol. The summed E-state index contributed by atoms with van der Waals surface area (Å²) in [4.78, 5) is 18.3. The van der Waals surface area contributed by atoms with Crippen molar-refractivity contribution >= 4 is 35.8 Å². The van der Waals surface area contributed by atoms with E-state index in [1.54, 1.807) is 6.08 Å². The van der Waals surface area contributed by atoms with Gasteiger partial charge in [-0.1, -0.05) is 6.08 Å². The minimum atomic E-state index is 0. The maximum atomic E-state index is 11.5. The van der Waals surface area contributed by atoms with Crippen LogP contribution in [0.2, 0.25) is 0 Å². The molecule has 2 N–H and O–H groups in total. The summed E-state index contributed by atoms with van der Waals surface area (Å²) in [5, 5.41) is 6.30. The molecule has 1 unspecified atom stereocenters. The van der Waals surface area contributed by atoms with Crippen LogP contribution in [-0.4, -0.2) is 49.5 Å². The SMILES string of the molecule is C=CCN=C(NCC)N1CCCC2(CNC(=O)C2)C1.I. The van der Waals surface area contributed by atoms with Gasteiger partial charge in [-0.2, -0.15) is 0 Å². The summed E-state index contributed by atoms with van der Waals surface area (Å²) in [7, 11) is 0. The van der Waals surface area contributed by atoms with Gasteiger partial charge in [0.25, 0.3) is 0 Å². The lowest BCUT2D eigenvalue weighted by atomic mass is 9.79. The van der Waals surface area contributed by atoms with Crippen LogP contribution in [0.4, 0.5) is 0 Å². The number of nitrogens with one attached hydrogen (secondary N) is 2. The summed E-state index contributed by atoms with van der Waals surface area (Å²) in [6.07, 6.45) is 4.71. The number of likely N-dealkylation sites (tertiary alicyclic amines) is 1. The molecule has 1 atom stereocenters. The van der Waals surface area contributed by atoms with Crippen molar-refractivity contribution in [1.82, 2.24) is 15.5 Å². The molecule has 0 aromatic heterocycles. The number of halogens is 1. The van der Waals surface area contributed by atoms with E-state index in [1.165, 1.54) is 0 Å². The Morgan fingerprint density at radius 3 is 3.05 bits per heavy atom. The Balaban J connectivity index is 0.00000200. The molecule has 0 radical (unpaired) electrons. The molecule has 0 bridgehead atoms. The lowest BCUT2D eigenvalue weighted by Gasteiger charge is -2.40. The number of carbonyl (C=O) groups excluding carboxylic acids is 1. The molecule has 114 valence electrons. The summed E-state index contributed by atoms with van der Waals surface area (Å²) in [6, 6.07) is 0. The first kappa shape index (κ1) is 17.3. The highest BCUT2D eigenvalue weighted by molar-refractivity contribution is 14.0. The molecule has 0 aromatic carbocycles. The van der Waals surface area contributed by atoms with Crippen LogP contribution in [0, 0.1) is 5.41 Å². The fourth-order valence-electron chi connectivity index (χ4n) is 3.01. The van der Waals surface area contributed by atoms with Crippen LogP contribution in [0.25, 0.3) is 0 Å². The highest BCUT2D eigenvalue weighted by atomic mass is 127. The molecule has 1 amide bonds. The maximum absolute atomic E-state index is 11.5. The molecule has 2 fully saturated rings. The monoisotopic (exact) mass is 392 g/mol. The molecule has 0 aliphatic carbocycles. The zero-order valence-electron chi connectivity index (χ0n) is 12.2. The van der Waals surface area contributed by atoms with Crippen molar-refractivity contribution in [2.75, 3.05) is 32.7 Å². The van der Waals surface area contributed by atoms with Gasteiger partial charge in [0.05, 0.1) is 6.54 Å². The second-order valence-electron chi connectivity index (χ2n) is 5.46. The van der Waals surface area contributed by atoms with E-state index < -0.39 is 0 Å². The van der Waals surface area contributed by atoms with Crippen LogP contribution in [0.3, 0.4) is 0 Å². The number of piperidine rings is 1. The fraction of sp³-hybridized carbons (Fsp3) is 0.714. The Hall–Kier alpha value is -0.790. The molecular weight excluding hydrogens is 367 g/mol. The number of aliphatic imine (C=N–C) groups is 1. The lowest BCUT2D eigenvalue weighted by molar-refractivity contribution is -0.119. The van der Waals surface area contributed by atoms with Crippen molar-refractivity contribution in [3.63, 3.8) is 0 Å². The van der Waals surface area contributed by atoms with Crippen molar-refractivity contribution in [2.24, 2.45) is 10.4 Å². The molecule has 1 spiro atoms. The molecule has 0 saturated carbocycles. The van der Waals surface area contributed by atoms with Gasteiger partial charge in [-0.3, -0.25) is 4.79 Å². The molecule has 20 heavy (non-hydrogen) atoms. The summed E-state index contributed by atoms with van der Waals surface area (Å²) in [6.45, 7) is 10.0. The van der Waals surface area contributed by atoms with Crippen molar-refractivity contribution in [2.45, 2.75) is 26.2 Å². The molecule has 2 aliphatic rings. The zero-order valence-corrected chi connectivity index (χ0v) is 14.5. The quantitative estimate of drug-likeness (QED) is 0.330. The predicted molar refractivity (Wildman–Crippen MR) is 92.5 cm³/mol. The van der Waals surface area contributed by atoms with Crippen LogP contribution in [0.15, 0.2) is 17.6 Å². The van der Waals surface area contributed by atoms with E-state index in [2.05, 4.69) is 34.0 Å². The van der Waals surface area contributed by atoms with E-state index in [9.17, 15) is 4.79 Å². The van der Waals surface area contributed by atoms with E-state index in [-0.39, 0.29) is 35.3 Å². The molecule has 0 aromatic rings. The topological polar surface area (TPSA) is 56.7 Å². The average Bonchev–Trinajstić information content (AvgIpc) is 2.75. The van der Waals surface area contributed by atoms with Crippen molar-refractivity contribution < 1.29 is 4.79 Å². The minimum Gasteiger partial charge on any atom is -0.357 e. The van der Waals surface area contributed by atoms with E-state index in [0.29, 0.717) is 13.0 Å². The summed E-state index contributed by atoms with van der Waals surface area (Å²) in [5.41, 5.74) is 0.111. The first-order valence-electron chi connectivity index (χ1n) is 7.10. The number of carbonyl (C=O) groups is 1. The predicted octanol–water partition coefficient (Wildman–Crippen LogP) is 1.36. The maximum Gasteiger partial charge on any atom is 0.220 e. The van der Waals surface area contributed by atoms with Gasteiger partial charge in [-0.05, 0) is 19.8 Å². The molecule has 2 aliphatic heterocycles. The molecule has 2 rings (SSSR count). The molecule has 5 nitrogen and oxygen atoms in total. The van der Waals surface area contributed by atoms with E-state index in [0.717, 1.165) is 45.0 Å². The Bertz CT molecular complexity index is 385.